The number of hydrogen-bond acceptors (Lipinski definition) is 3. The average Bonchev–Trinajstić information content (AvgIpc) is 2.67. The Bertz CT molecular complexity index is 763. The van der Waals surface area contributed by atoms with Gasteiger partial charge >= 0.3 is 6.18 Å². The van der Waals surface area contributed by atoms with Gasteiger partial charge in [0.15, 0.2) is 0 Å². The maximum atomic E-state index is 12.7. The largest absolute Gasteiger partial charge is 0.416 e. The van der Waals surface area contributed by atoms with Crippen molar-refractivity contribution in [2.24, 2.45) is 0 Å². The predicted molar refractivity (Wildman–Crippen MR) is 96.4 cm³/mol. The molecule has 1 amide bonds. The Kier molecular flexibility index (Phi) is 5.82. The smallest absolute Gasteiger partial charge is 0.365 e. The summed E-state index contributed by atoms with van der Waals surface area (Å²) in [5.41, 5.74) is 0.850. The highest BCUT2D eigenvalue weighted by molar-refractivity contribution is 5.95. The van der Waals surface area contributed by atoms with Gasteiger partial charge in [-0.1, -0.05) is 30.3 Å². The van der Waals surface area contributed by atoms with Gasteiger partial charge in [0.25, 0.3) is 5.91 Å². The number of benzene rings is 2. The molecular formula is C20H21F3N2O2. The van der Waals surface area contributed by atoms with Crippen molar-refractivity contribution in [1.29, 1.82) is 0 Å². The van der Waals surface area contributed by atoms with Gasteiger partial charge < -0.3 is 15.0 Å². The van der Waals surface area contributed by atoms with Gasteiger partial charge in [0, 0.05) is 18.3 Å². The van der Waals surface area contributed by atoms with Crippen LogP contribution in [0, 0.1) is 0 Å². The standard InChI is InChI=1S/C20H21F3N2O2/c1-14(15-5-3-2-4-6-15)24-11-18-12-25(19(26)13-27-18)17-9-7-16(8-10-17)20(21,22)23/h2-10,14,18,24H,11-13H2,1H3/t14-,18?/m1/s1. The third-order valence-electron chi connectivity index (χ3n) is 4.59. The molecule has 0 aromatic heterocycles. The van der Waals surface area contributed by atoms with Crippen molar-refractivity contribution in [3.63, 3.8) is 0 Å². The second kappa shape index (κ2) is 8.10. The van der Waals surface area contributed by atoms with E-state index in [1.165, 1.54) is 17.0 Å². The van der Waals surface area contributed by atoms with Crippen molar-refractivity contribution >= 4 is 11.6 Å². The summed E-state index contributed by atoms with van der Waals surface area (Å²) in [7, 11) is 0. The highest BCUT2D eigenvalue weighted by atomic mass is 19.4. The summed E-state index contributed by atoms with van der Waals surface area (Å²) in [4.78, 5) is 13.6. The number of rotatable bonds is 5. The van der Waals surface area contributed by atoms with Gasteiger partial charge in [-0.05, 0) is 36.8 Å². The van der Waals surface area contributed by atoms with Crippen molar-refractivity contribution in [3.8, 4) is 0 Å². The molecule has 1 N–H and O–H groups in total. The molecule has 2 aromatic carbocycles. The van der Waals surface area contributed by atoms with Crippen molar-refractivity contribution in [3.05, 3.63) is 65.7 Å². The number of anilines is 1. The van der Waals surface area contributed by atoms with E-state index in [1.807, 2.05) is 37.3 Å². The first-order valence-corrected chi connectivity index (χ1v) is 8.72. The van der Waals surface area contributed by atoms with Gasteiger partial charge in [-0.2, -0.15) is 13.2 Å². The highest BCUT2D eigenvalue weighted by Crippen LogP contribution is 2.31. The van der Waals surface area contributed by atoms with E-state index in [-0.39, 0.29) is 24.7 Å². The zero-order chi connectivity index (χ0) is 19.4. The van der Waals surface area contributed by atoms with Crippen molar-refractivity contribution in [2.75, 3.05) is 24.6 Å². The summed E-state index contributed by atoms with van der Waals surface area (Å²) in [5.74, 6) is -0.262. The summed E-state index contributed by atoms with van der Waals surface area (Å²) >= 11 is 0. The lowest BCUT2D eigenvalue weighted by molar-refractivity contribution is -0.137. The zero-order valence-electron chi connectivity index (χ0n) is 14.9. The quantitative estimate of drug-likeness (QED) is 0.861. The van der Waals surface area contributed by atoms with Crippen LogP contribution in [0.4, 0.5) is 18.9 Å². The van der Waals surface area contributed by atoms with E-state index in [4.69, 9.17) is 4.74 Å². The number of nitrogens with one attached hydrogen (secondary N) is 1. The van der Waals surface area contributed by atoms with Crippen LogP contribution in [0.1, 0.15) is 24.1 Å². The molecule has 0 bridgehead atoms. The van der Waals surface area contributed by atoms with Gasteiger partial charge in [0.2, 0.25) is 0 Å². The molecule has 7 heteroatoms. The van der Waals surface area contributed by atoms with E-state index in [2.05, 4.69) is 5.32 Å². The molecule has 4 nitrogen and oxygen atoms in total. The van der Waals surface area contributed by atoms with Crippen molar-refractivity contribution in [1.82, 2.24) is 5.32 Å². The van der Waals surface area contributed by atoms with Crippen LogP contribution in [0.3, 0.4) is 0 Å². The molecule has 1 aliphatic heterocycles. The first-order valence-electron chi connectivity index (χ1n) is 8.72. The summed E-state index contributed by atoms with van der Waals surface area (Å²) in [6, 6.07) is 14.7. The lowest BCUT2D eigenvalue weighted by atomic mass is 10.1. The number of hydrogen-bond donors (Lipinski definition) is 1. The van der Waals surface area contributed by atoms with Crippen LogP contribution >= 0.6 is 0 Å². The first-order chi connectivity index (χ1) is 12.8. The molecule has 27 heavy (non-hydrogen) atoms. The minimum atomic E-state index is -4.40. The predicted octanol–water partition coefficient (Wildman–Crippen LogP) is 3.79. The number of halogens is 3. The normalized spacial score (nSPS) is 19.2. The molecule has 0 saturated carbocycles. The minimum absolute atomic E-state index is 0.0902. The first kappa shape index (κ1) is 19.4. The fraction of sp³-hybridized carbons (Fsp3) is 0.350. The molecule has 0 spiro atoms. The van der Waals surface area contributed by atoms with Crippen LogP contribution in [0.2, 0.25) is 0 Å². The van der Waals surface area contributed by atoms with E-state index >= 15 is 0 Å². The Morgan fingerprint density at radius 1 is 1.15 bits per heavy atom. The van der Waals surface area contributed by atoms with Crippen LogP contribution in [-0.2, 0) is 15.7 Å². The zero-order valence-corrected chi connectivity index (χ0v) is 14.9. The molecule has 1 aliphatic rings. The van der Waals surface area contributed by atoms with E-state index in [0.717, 1.165) is 17.7 Å². The molecule has 3 rings (SSSR count). The number of amides is 1. The van der Waals surface area contributed by atoms with Crippen LogP contribution in [0.15, 0.2) is 54.6 Å². The molecule has 1 unspecified atom stereocenters. The van der Waals surface area contributed by atoms with Crippen LogP contribution < -0.4 is 10.2 Å². The topological polar surface area (TPSA) is 41.6 Å². The van der Waals surface area contributed by atoms with Crippen LogP contribution in [0.25, 0.3) is 0 Å². The average molecular weight is 378 g/mol. The molecule has 1 fully saturated rings. The number of alkyl halides is 3. The van der Waals surface area contributed by atoms with Crippen molar-refractivity contribution in [2.45, 2.75) is 25.2 Å². The Labute approximate surface area is 155 Å². The number of carbonyl (C=O) groups is 1. The van der Waals surface area contributed by atoms with Gasteiger partial charge in [-0.15, -0.1) is 0 Å². The molecule has 1 saturated heterocycles. The summed E-state index contributed by atoms with van der Waals surface area (Å²) in [6.45, 7) is 2.77. The SMILES string of the molecule is C[C@@H](NCC1CN(c2ccc(C(F)(F)F)cc2)C(=O)CO1)c1ccccc1. The lowest BCUT2D eigenvalue weighted by Gasteiger charge is -2.33. The maximum Gasteiger partial charge on any atom is 0.416 e. The van der Waals surface area contributed by atoms with Crippen molar-refractivity contribution < 1.29 is 22.7 Å². The number of carbonyl (C=O) groups excluding carboxylic acids is 1. The van der Waals surface area contributed by atoms with Crippen LogP contribution in [-0.4, -0.2) is 31.7 Å². The van der Waals surface area contributed by atoms with Gasteiger partial charge in [-0.25, -0.2) is 0 Å². The maximum absolute atomic E-state index is 12.7. The molecular weight excluding hydrogens is 357 g/mol. The molecule has 1 heterocycles. The summed E-state index contributed by atoms with van der Waals surface area (Å²) < 4.78 is 43.7. The Morgan fingerprint density at radius 2 is 1.81 bits per heavy atom. The van der Waals surface area contributed by atoms with E-state index in [9.17, 15) is 18.0 Å². The molecule has 144 valence electrons. The van der Waals surface area contributed by atoms with E-state index < -0.39 is 11.7 Å². The Morgan fingerprint density at radius 3 is 2.44 bits per heavy atom. The third kappa shape index (κ3) is 4.87. The minimum Gasteiger partial charge on any atom is -0.365 e. The molecule has 2 atom stereocenters. The third-order valence-corrected chi connectivity index (χ3v) is 4.59. The Hall–Kier alpha value is -2.38. The monoisotopic (exact) mass is 378 g/mol. The molecule has 0 radical (unpaired) electrons. The summed E-state index contributed by atoms with van der Waals surface area (Å²) in [6.07, 6.45) is -4.63. The lowest BCUT2D eigenvalue weighted by Crippen LogP contribution is -2.50. The number of morpholine rings is 1. The van der Waals surface area contributed by atoms with Gasteiger partial charge in [0.05, 0.1) is 18.2 Å². The van der Waals surface area contributed by atoms with E-state index in [1.54, 1.807) is 0 Å². The van der Waals surface area contributed by atoms with E-state index in [0.29, 0.717) is 18.8 Å². The fourth-order valence-electron chi connectivity index (χ4n) is 3.00. The molecule has 0 aliphatic carbocycles. The van der Waals surface area contributed by atoms with Crippen LogP contribution in [0.5, 0.6) is 0 Å². The number of nitrogens with zero attached hydrogens (tertiary/aromatic N) is 1. The highest BCUT2D eigenvalue weighted by Gasteiger charge is 2.31. The Balaban J connectivity index is 1.61. The van der Waals surface area contributed by atoms with Gasteiger partial charge in [0.1, 0.15) is 6.61 Å². The second-order valence-electron chi connectivity index (χ2n) is 6.52. The van der Waals surface area contributed by atoms with Gasteiger partial charge in [-0.3, -0.25) is 4.79 Å². The number of ether oxygens (including phenoxy) is 1. The fourth-order valence-corrected chi connectivity index (χ4v) is 3.00. The second-order valence-corrected chi connectivity index (χ2v) is 6.52. The molecule has 2 aromatic rings. The summed E-state index contributed by atoms with van der Waals surface area (Å²) in [5, 5.41) is 3.37.